The van der Waals surface area contributed by atoms with E-state index in [1.807, 2.05) is 0 Å². The van der Waals surface area contributed by atoms with E-state index in [0.29, 0.717) is 22.8 Å². The summed E-state index contributed by atoms with van der Waals surface area (Å²) in [7, 11) is 0. The van der Waals surface area contributed by atoms with Crippen LogP contribution in [0, 0.1) is 5.92 Å². The Balaban J connectivity index is 1.92. The van der Waals surface area contributed by atoms with Gasteiger partial charge in [-0.15, -0.1) is 0 Å². The zero-order valence-corrected chi connectivity index (χ0v) is 15.6. The minimum atomic E-state index is -4.83. The van der Waals surface area contributed by atoms with Gasteiger partial charge in [-0.2, -0.15) is 13.2 Å². The summed E-state index contributed by atoms with van der Waals surface area (Å²) in [5.74, 6) is 0.784. The predicted octanol–water partition coefficient (Wildman–Crippen LogP) is 4.85. The van der Waals surface area contributed by atoms with E-state index in [1.165, 1.54) is 18.3 Å². The van der Waals surface area contributed by atoms with E-state index >= 15 is 0 Å². The highest BCUT2D eigenvalue weighted by Gasteiger charge is 2.60. The van der Waals surface area contributed by atoms with E-state index in [2.05, 4.69) is 18.8 Å². The SMILES string of the molecule is CC(C)C[C@H](N)COc1ccc2c(c1)OC(Cl)(C(F)(F)F)c1cnccc1-2. The van der Waals surface area contributed by atoms with Gasteiger partial charge in [-0.1, -0.05) is 25.4 Å². The van der Waals surface area contributed by atoms with E-state index in [9.17, 15) is 13.2 Å². The third-order valence-corrected chi connectivity index (χ3v) is 4.76. The molecule has 2 atom stereocenters. The lowest BCUT2D eigenvalue weighted by Gasteiger charge is -2.36. The number of halogens is 4. The highest BCUT2D eigenvalue weighted by atomic mass is 35.5. The van der Waals surface area contributed by atoms with Crippen molar-refractivity contribution in [3.63, 3.8) is 0 Å². The summed E-state index contributed by atoms with van der Waals surface area (Å²) in [6.45, 7) is 4.36. The number of aromatic nitrogens is 1. The van der Waals surface area contributed by atoms with Gasteiger partial charge < -0.3 is 15.2 Å². The quantitative estimate of drug-likeness (QED) is 0.729. The average Bonchev–Trinajstić information content (AvgIpc) is 2.58. The fourth-order valence-electron chi connectivity index (χ4n) is 3.08. The Bertz CT molecular complexity index is 829. The van der Waals surface area contributed by atoms with Crippen molar-refractivity contribution in [3.05, 3.63) is 42.2 Å². The molecule has 0 aliphatic carbocycles. The maximum atomic E-state index is 13.6. The van der Waals surface area contributed by atoms with Gasteiger partial charge in [-0.3, -0.25) is 4.98 Å². The first-order chi connectivity index (χ1) is 12.6. The number of alkyl halides is 4. The molecule has 0 amide bonds. The number of benzene rings is 1. The molecule has 3 rings (SSSR count). The van der Waals surface area contributed by atoms with Crippen molar-refractivity contribution in [2.24, 2.45) is 11.7 Å². The van der Waals surface area contributed by atoms with E-state index < -0.39 is 11.2 Å². The summed E-state index contributed by atoms with van der Waals surface area (Å²) in [4.78, 5) is 3.77. The highest BCUT2D eigenvalue weighted by molar-refractivity contribution is 6.24. The third-order valence-electron chi connectivity index (χ3n) is 4.26. The molecule has 2 heterocycles. The lowest BCUT2D eigenvalue weighted by atomic mass is 9.94. The second-order valence-corrected chi connectivity index (χ2v) is 7.51. The average molecular weight is 401 g/mol. The van der Waals surface area contributed by atoms with Crippen LogP contribution in [0.15, 0.2) is 36.7 Å². The van der Waals surface area contributed by atoms with Crippen molar-refractivity contribution >= 4 is 11.6 Å². The molecular weight excluding hydrogens is 381 g/mol. The van der Waals surface area contributed by atoms with Crippen molar-refractivity contribution in [1.82, 2.24) is 4.98 Å². The second-order valence-electron chi connectivity index (χ2n) is 6.97. The lowest BCUT2D eigenvalue weighted by Crippen LogP contribution is -2.44. The van der Waals surface area contributed by atoms with Crippen LogP contribution in [0.4, 0.5) is 13.2 Å². The predicted molar refractivity (Wildman–Crippen MR) is 96.8 cm³/mol. The number of nitrogens with zero attached hydrogens (tertiary/aromatic N) is 1. The number of pyridine rings is 1. The monoisotopic (exact) mass is 400 g/mol. The molecule has 1 unspecified atom stereocenters. The first-order valence-corrected chi connectivity index (χ1v) is 8.91. The largest absolute Gasteiger partial charge is 0.492 e. The molecule has 2 N–H and O–H groups in total. The van der Waals surface area contributed by atoms with E-state index in [1.54, 1.807) is 12.1 Å². The smallest absolute Gasteiger partial charge is 0.448 e. The summed E-state index contributed by atoms with van der Waals surface area (Å²) in [6, 6.07) is 6.03. The Kier molecular flexibility index (Phi) is 5.27. The number of hydrogen-bond donors (Lipinski definition) is 1. The van der Waals surface area contributed by atoms with Gasteiger partial charge in [-0.25, -0.2) is 0 Å². The maximum absolute atomic E-state index is 13.6. The van der Waals surface area contributed by atoms with Crippen LogP contribution < -0.4 is 15.2 Å². The molecule has 0 bridgehead atoms. The molecule has 1 aliphatic rings. The summed E-state index contributed by atoms with van der Waals surface area (Å²) in [6.07, 6.45) is -1.56. The topological polar surface area (TPSA) is 57.4 Å². The number of fused-ring (bicyclic) bond motifs is 3. The maximum Gasteiger partial charge on any atom is 0.448 e. The van der Waals surface area contributed by atoms with Crippen molar-refractivity contribution in [1.29, 1.82) is 0 Å². The Hall–Kier alpha value is -1.99. The van der Waals surface area contributed by atoms with Gasteiger partial charge in [0, 0.05) is 35.6 Å². The number of hydrogen-bond acceptors (Lipinski definition) is 4. The summed E-state index contributed by atoms with van der Waals surface area (Å²) in [5, 5.41) is -3.00. The molecule has 0 radical (unpaired) electrons. The summed E-state index contributed by atoms with van der Waals surface area (Å²) in [5.41, 5.74) is 6.57. The zero-order valence-electron chi connectivity index (χ0n) is 14.9. The number of nitrogens with two attached hydrogens (primary N) is 1. The van der Waals surface area contributed by atoms with Gasteiger partial charge in [0.2, 0.25) is 0 Å². The molecule has 8 heteroatoms. The molecular formula is C19H20ClF3N2O2. The van der Waals surface area contributed by atoms with Gasteiger partial charge in [-0.05, 0) is 36.1 Å². The number of rotatable bonds is 5. The Labute approximate surface area is 160 Å². The summed E-state index contributed by atoms with van der Waals surface area (Å²) >= 11 is 5.90. The first kappa shape index (κ1) is 19.8. The van der Waals surface area contributed by atoms with Crippen LogP contribution in [0.2, 0.25) is 0 Å². The van der Waals surface area contributed by atoms with Crippen LogP contribution in [0.5, 0.6) is 11.5 Å². The van der Waals surface area contributed by atoms with Crippen LogP contribution in [0.3, 0.4) is 0 Å². The van der Waals surface area contributed by atoms with E-state index in [-0.39, 0.29) is 24.0 Å². The molecule has 1 aromatic heterocycles. The molecule has 0 fully saturated rings. The van der Waals surface area contributed by atoms with Gasteiger partial charge in [0.05, 0.1) is 0 Å². The Morgan fingerprint density at radius 2 is 2.00 bits per heavy atom. The highest BCUT2D eigenvalue weighted by Crippen LogP contribution is 2.54. The van der Waals surface area contributed by atoms with Gasteiger partial charge in [0.15, 0.2) is 0 Å². The molecule has 0 saturated carbocycles. The molecule has 1 aliphatic heterocycles. The van der Waals surface area contributed by atoms with Crippen molar-refractivity contribution < 1.29 is 22.6 Å². The van der Waals surface area contributed by atoms with Crippen molar-refractivity contribution in [3.8, 4) is 22.6 Å². The van der Waals surface area contributed by atoms with Crippen molar-refractivity contribution in [2.75, 3.05) is 6.61 Å². The standard InChI is InChI=1S/C19H20ClF3N2O2/c1-11(2)7-12(24)10-26-13-3-4-15-14-5-6-25-9-16(14)18(20,19(21,22)23)27-17(15)8-13/h3-6,8-9,11-12H,7,10,24H2,1-2H3/t12-,18?/m0/s1. The normalized spacial score (nSPS) is 19.9. The van der Waals surface area contributed by atoms with Gasteiger partial charge in [0.1, 0.15) is 18.1 Å². The summed E-state index contributed by atoms with van der Waals surface area (Å²) < 4.78 is 51.8. The molecule has 4 nitrogen and oxygen atoms in total. The van der Waals surface area contributed by atoms with E-state index in [0.717, 1.165) is 12.6 Å². The van der Waals surface area contributed by atoms with Crippen molar-refractivity contribution in [2.45, 2.75) is 37.5 Å². The molecule has 1 aromatic carbocycles. The number of ether oxygens (including phenoxy) is 2. The van der Waals surface area contributed by atoms with Gasteiger partial charge in [0.25, 0.3) is 0 Å². The van der Waals surface area contributed by atoms with Crippen LogP contribution in [-0.4, -0.2) is 23.8 Å². The van der Waals surface area contributed by atoms with Crippen LogP contribution in [0.1, 0.15) is 25.8 Å². The van der Waals surface area contributed by atoms with Gasteiger partial charge >= 0.3 is 11.2 Å². The van der Waals surface area contributed by atoms with Crippen LogP contribution >= 0.6 is 11.6 Å². The van der Waals surface area contributed by atoms with E-state index in [4.69, 9.17) is 26.8 Å². The molecule has 0 saturated heterocycles. The molecule has 27 heavy (non-hydrogen) atoms. The molecule has 0 spiro atoms. The van der Waals surface area contributed by atoms with Crippen LogP contribution in [0.25, 0.3) is 11.1 Å². The first-order valence-electron chi connectivity index (χ1n) is 8.53. The zero-order chi connectivity index (χ0) is 19.8. The third kappa shape index (κ3) is 3.84. The second kappa shape index (κ2) is 7.20. The fraction of sp³-hybridized carbons (Fsp3) is 0.421. The molecule has 146 valence electrons. The lowest BCUT2D eigenvalue weighted by molar-refractivity contribution is -0.219. The Morgan fingerprint density at radius 1 is 1.26 bits per heavy atom. The van der Waals surface area contributed by atoms with Crippen LogP contribution in [-0.2, 0) is 5.06 Å². The fourth-order valence-corrected chi connectivity index (χ4v) is 3.31. The minimum Gasteiger partial charge on any atom is -0.492 e. The molecule has 2 aromatic rings. The minimum absolute atomic E-state index is 0.00374. The Morgan fingerprint density at radius 3 is 2.67 bits per heavy atom.